The van der Waals surface area contributed by atoms with Gasteiger partial charge >= 0.3 is 0 Å². The van der Waals surface area contributed by atoms with Crippen molar-refractivity contribution in [1.82, 2.24) is 0 Å². The van der Waals surface area contributed by atoms with Gasteiger partial charge in [0.1, 0.15) is 5.00 Å². The smallest absolute Gasteiger partial charge is 0.256 e. The van der Waals surface area contributed by atoms with Crippen LogP contribution in [0.15, 0.2) is 34.5 Å². The van der Waals surface area contributed by atoms with E-state index in [0.717, 1.165) is 6.26 Å². The van der Waals surface area contributed by atoms with Crippen LogP contribution in [-0.2, 0) is 9.84 Å². The monoisotopic (exact) mass is 338 g/mol. The summed E-state index contributed by atoms with van der Waals surface area (Å²) in [6.45, 7) is 1.73. The molecule has 0 unspecified atom stereocenters. The molecule has 22 heavy (non-hydrogen) atoms. The molecule has 8 heteroatoms. The number of carbonyl (C=O) groups is 2. The van der Waals surface area contributed by atoms with Crippen LogP contribution < -0.4 is 11.1 Å². The number of hydrogen-bond donors (Lipinski definition) is 2. The first-order valence-electron chi connectivity index (χ1n) is 6.19. The van der Waals surface area contributed by atoms with E-state index < -0.39 is 21.7 Å². The van der Waals surface area contributed by atoms with Crippen LogP contribution in [0.5, 0.6) is 0 Å². The summed E-state index contributed by atoms with van der Waals surface area (Å²) in [6.07, 6.45) is 1.09. The molecule has 0 aliphatic carbocycles. The molecule has 1 aromatic carbocycles. The molecule has 1 aromatic heterocycles. The molecule has 116 valence electrons. The molecule has 0 saturated heterocycles. The molecule has 0 atom stereocenters. The minimum absolute atomic E-state index is 0.133. The highest BCUT2D eigenvalue weighted by molar-refractivity contribution is 7.90. The van der Waals surface area contributed by atoms with Crippen molar-refractivity contribution in [2.75, 3.05) is 11.6 Å². The quantitative estimate of drug-likeness (QED) is 0.886. The molecule has 0 spiro atoms. The summed E-state index contributed by atoms with van der Waals surface area (Å²) in [5.41, 5.74) is 6.56. The number of hydrogen-bond acceptors (Lipinski definition) is 5. The lowest BCUT2D eigenvalue weighted by atomic mass is 10.2. The van der Waals surface area contributed by atoms with Gasteiger partial charge in [-0.1, -0.05) is 0 Å². The zero-order chi connectivity index (χ0) is 16.5. The molecular weight excluding hydrogens is 324 g/mol. The van der Waals surface area contributed by atoms with Crippen molar-refractivity contribution in [1.29, 1.82) is 0 Å². The third-order valence-corrected chi connectivity index (χ3v) is 5.13. The maximum atomic E-state index is 12.2. The first-order chi connectivity index (χ1) is 10.2. The van der Waals surface area contributed by atoms with Gasteiger partial charge in [-0.15, -0.1) is 11.3 Å². The van der Waals surface area contributed by atoms with Crippen LogP contribution in [0.1, 0.15) is 26.3 Å². The average Bonchev–Trinajstić information content (AvgIpc) is 2.79. The van der Waals surface area contributed by atoms with Gasteiger partial charge in [0, 0.05) is 11.8 Å². The lowest BCUT2D eigenvalue weighted by molar-refractivity contribution is 0.100. The van der Waals surface area contributed by atoms with Crippen LogP contribution in [0.25, 0.3) is 0 Å². The number of thiophene rings is 1. The van der Waals surface area contributed by atoms with Gasteiger partial charge in [0.25, 0.3) is 11.8 Å². The summed E-state index contributed by atoms with van der Waals surface area (Å²) in [4.78, 5) is 23.7. The Morgan fingerprint density at radius 1 is 1.18 bits per heavy atom. The van der Waals surface area contributed by atoms with Crippen molar-refractivity contribution in [2.45, 2.75) is 11.8 Å². The summed E-state index contributed by atoms with van der Waals surface area (Å²) >= 11 is 1.21. The van der Waals surface area contributed by atoms with Gasteiger partial charge in [0.05, 0.1) is 10.5 Å². The van der Waals surface area contributed by atoms with Crippen LogP contribution >= 0.6 is 11.3 Å². The second-order valence-corrected chi connectivity index (χ2v) is 7.63. The average molecular weight is 338 g/mol. The van der Waals surface area contributed by atoms with E-state index in [9.17, 15) is 18.0 Å². The highest BCUT2D eigenvalue weighted by Gasteiger charge is 2.17. The number of rotatable bonds is 4. The van der Waals surface area contributed by atoms with Crippen LogP contribution in [-0.4, -0.2) is 26.5 Å². The Balaban J connectivity index is 2.25. The van der Waals surface area contributed by atoms with Gasteiger partial charge in [-0.3, -0.25) is 9.59 Å². The van der Waals surface area contributed by atoms with Gasteiger partial charge in [-0.25, -0.2) is 8.42 Å². The molecule has 6 nitrogen and oxygen atoms in total. The van der Waals surface area contributed by atoms with Crippen molar-refractivity contribution in [2.24, 2.45) is 5.73 Å². The molecular formula is C14H14N2O4S2. The fraction of sp³-hybridized carbons (Fsp3) is 0.143. The van der Waals surface area contributed by atoms with E-state index in [0.29, 0.717) is 10.6 Å². The maximum Gasteiger partial charge on any atom is 0.256 e. The summed E-state index contributed by atoms with van der Waals surface area (Å²) in [5, 5.41) is 4.72. The molecule has 0 aliphatic heterocycles. The van der Waals surface area contributed by atoms with E-state index in [4.69, 9.17) is 5.73 Å². The summed E-state index contributed by atoms with van der Waals surface area (Å²) in [7, 11) is -3.31. The Kier molecular flexibility index (Phi) is 4.34. The number of sulfone groups is 1. The third kappa shape index (κ3) is 3.34. The van der Waals surface area contributed by atoms with E-state index in [1.807, 2.05) is 0 Å². The number of benzene rings is 1. The normalized spacial score (nSPS) is 11.2. The summed E-state index contributed by atoms with van der Waals surface area (Å²) in [6, 6.07) is 5.55. The second-order valence-electron chi connectivity index (χ2n) is 4.74. The number of anilines is 1. The number of nitrogens with one attached hydrogen (secondary N) is 1. The topological polar surface area (TPSA) is 106 Å². The van der Waals surface area contributed by atoms with Crippen LogP contribution in [0.4, 0.5) is 5.00 Å². The highest BCUT2D eigenvalue weighted by atomic mass is 32.2. The fourth-order valence-electron chi connectivity index (χ4n) is 1.87. The van der Waals surface area contributed by atoms with E-state index in [1.54, 1.807) is 12.3 Å². The lowest BCUT2D eigenvalue weighted by Gasteiger charge is -2.06. The minimum Gasteiger partial charge on any atom is -0.365 e. The Hall–Kier alpha value is -2.19. The lowest BCUT2D eigenvalue weighted by Crippen LogP contribution is -2.17. The summed E-state index contributed by atoms with van der Waals surface area (Å²) in [5.74, 6) is -1.05. The highest BCUT2D eigenvalue weighted by Crippen LogP contribution is 2.27. The third-order valence-electron chi connectivity index (χ3n) is 2.99. The molecule has 2 aromatic rings. The van der Waals surface area contributed by atoms with Gasteiger partial charge in [-0.2, -0.15) is 0 Å². The number of amides is 2. The Morgan fingerprint density at radius 2 is 1.77 bits per heavy atom. The molecule has 0 bridgehead atoms. The van der Waals surface area contributed by atoms with Crippen molar-refractivity contribution in [3.05, 3.63) is 46.3 Å². The Bertz CT molecular complexity index is 836. The molecule has 2 amide bonds. The first kappa shape index (κ1) is 16.2. The van der Waals surface area contributed by atoms with Gasteiger partial charge in [0.2, 0.25) is 0 Å². The molecule has 1 heterocycles. The SMILES string of the molecule is Cc1csc(NC(=O)c2ccc(S(C)(=O)=O)cc2)c1C(N)=O. The number of primary amides is 1. The van der Waals surface area contributed by atoms with Crippen molar-refractivity contribution in [3.63, 3.8) is 0 Å². The number of nitrogens with two attached hydrogens (primary N) is 1. The van der Waals surface area contributed by atoms with Gasteiger partial charge in [0.15, 0.2) is 9.84 Å². The molecule has 2 rings (SSSR count). The maximum absolute atomic E-state index is 12.2. The summed E-state index contributed by atoms with van der Waals surface area (Å²) < 4.78 is 22.8. The van der Waals surface area contributed by atoms with Crippen LogP contribution in [0, 0.1) is 6.92 Å². The fourth-order valence-corrected chi connectivity index (χ4v) is 3.45. The van der Waals surface area contributed by atoms with Crippen molar-refractivity contribution >= 4 is 38.0 Å². The molecule has 0 aliphatic rings. The number of carbonyl (C=O) groups excluding carboxylic acids is 2. The van der Waals surface area contributed by atoms with Crippen molar-refractivity contribution in [3.8, 4) is 0 Å². The number of aryl methyl sites for hydroxylation is 1. The van der Waals surface area contributed by atoms with Crippen LogP contribution in [0.2, 0.25) is 0 Å². The van der Waals surface area contributed by atoms with E-state index >= 15 is 0 Å². The predicted octanol–water partition coefficient (Wildman–Crippen LogP) is 1.81. The Morgan fingerprint density at radius 3 is 2.27 bits per heavy atom. The van der Waals surface area contributed by atoms with Gasteiger partial charge in [-0.05, 0) is 42.1 Å². The zero-order valence-corrected chi connectivity index (χ0v) is 13.5. The molecule has 0 saturated carbocycles. The molecule has 3 N–H and O–H groups in total. The van der Waals surface area contributed by atoms with E-state index in [1.165, 1.54) is 35.6 Å². The molecule has 0 radical (unpaired) electrons. The first-order valence-corrected chi connectivity index (χ1v) is 8.96. The van der Waals surface area contributed by atoms with Crippen LogP contribution in [0.3, 0.4) is 0 Å². The Labute approximate surface area is 131 Å². The molecule has 0 fully saturated rings. The zero-order valence-electron chi connectivity index (χ0n) is 11.9. The minimum atomic E-state index is -3.31. The largest absolute Gasteiger partial charge is 0.365 e. The van der Waals surface area contributed by atoms with Crippen molar-refractivity contribution < 1.29 is 18.0 Å². The standard InChI is InChI=1S/C14H14N2O4S2/c1-8-7-21-14(11(8)12(15)17)16-13(18)9-3-5-10(6-4-9)22(2,19)20/h3-7H,1-2H3,(H2,15,17)(H,16,18). The van der Waals surface area contributed by atoms with Gasteiger partial charge < -0.3 is 11.1 Å². The van der Waals surface area contributed by atoms with E-state index in [-0.39, 0.29) is 16.0 Å². The van der Waals surface area contributed by atoms with E-state index in [2.05, 4.69) is 5.32 Å². The predicted molar refractivity (Wildman–Crippen MR) is 85.1 cm³/mol. The second kappa shape index (κ2) is 5.90.